The van der Waals surface area contributed by atoms with Gasteiger partial charge in [-0.05, 0) is 43.5 Å². The topological polar surface area (TPSA) is 88.3 Å². The lowest BCUT2D eigenvalue weighted by Gasteiger charge is -2.26. The Labute approximate surface area is 177 Å². The smallest absolute Gasteiger partial charge is 0.276 e. The first-order valence-electron chi connectivity index (χ1n) is 10.0. The minimum absolute atomic E-state index is 0.0504. The third-order valence-corrected chi connectivity index (χ3v) is 5.40. The number of amides is 1. The lowest BCUT2D eigenvalue weighted by atomic mass is 10.0. The summed E-state index contributed by atoms with van der Waals surface area (Å²) in [5.74, 6) is 0.131. The van der Waals surface area contributed by atoms with Crippen LogP contribution in [0, 0.1) is 12.7 Å². The van der Waals surface area contributed by atoms with Crippen LogP contribution in [0.15, 0.2) is 55.1 Å². The largest absolute Gasteiger partial charge is 0.349 e. The minimum Gasteiger partial charge on any atom is -0.349 e. The van der Waals surface area contributed by atoms with E-state index in [0.29, 0.717) is 11.3 Å². The van der Waals surface area contributed by atoms with Gasteiger partial charge in [0.2, 0.25) is 0 Å². The maximum absolute atomic E-state index is 13.8. The lowest BCUT2D eigenvalue weighted by Crippen LogP contribution is -2.24. The molecule has 1 unspecified atom stereocenters. The molecule has 1 aromatic carbocycles. The summed E-state index contributed by atoms with van der Waals surface area (Å²) in [5.41, 5.74) is 2.88. The number of fused-ring (bicyclic) bond motifs is 1. The van der Waals surface area contributed by atoms with Crippen molar-refractivity contribution in [3.8, 4) is 0 Å². The number of benzene rings is 1. The van der Waals surface area contributed by atoms with Gasteiger partial charge in [-0.3, -0.25) is 9.78 Å². The Bertz CT molecular complexity index is 1250. The van der Waals surface area contributed by atoms with Gasteiger partial charge in [0, 0.05) is 18.9 Å². The number of rotatable bonds is 4. The molecule has 1 atom stereocenters. The second-order valence-corrected chi connectivity index (χ2v) is 7.52. The molecule has 0 bridgehead atoms. The Morgan fingerprint density at radius 2 is 2.10 bits per heavy atom. The molecule has 3 aromatic heterocycles. The average Bonchev–Trinajstić information content (AvgIpc) is 3.41. The van der Waals surface area contributed by atoms with Crippen LogP contribution >= 0.6 is 0 Å². The Kier molecular flexibility index (Phi) is 4.78. The Balaban J connectivity index is 1.44. The van der Waals surface area contributed by atoms with Gasteiger partial charge in [0.1, 0.15) is 23.0 Å². The van der Waals surface area contributed by atoms with Gasteiger partial charge in [-0.25, -0.2) is 18.9 Å². The Morgan fingerprint density at radius 3 is 2.90 bits per heavy atom. The van der Waals surface area contributed by atoms with Crippen LogP contribution in [0.5, 0.6) is 0 Å². The van der Waals surface area contributed by atoms with Crippen LogP contribution in [0.4, 0.5) is 15.9 Å². The maximum Gasteiger partial charge on any atom is 0.276 e. The molecular weight excluding hydrogens is 397 g/mol. The predicted molar refractivity (Wildman–Crippen MR) is 113 cm³/mol. The van der Waals surface area contributed by atoms with Crippen LogP contribution in [0.25, 0.3) is 5.65 Å². The van der Waals surface area contributed by atoms with E-state index in [4.69, 9.17) is 4.98 Å². The second-order valence-electron chi connectivity index (χ2n) is 7.52. The van der Waals surface area contributed by atoms with E-state index in [2.05, 4.69) is 25.3 Å². The number of carbonyl (C=O) groups excluding carboxylic acids is 1. The Morgan fingerprint density at radius 1 is 1.19 bits per heavy atom. The van der Waals surface area contributed by atoms with E-state index in [-0.39, 0.29) is 23.5 Å². The van der Waals surface area contributed by atoms with Crippen molar-refractivity contribution in [2.75, 3.05) is 16.8 Å². The lowest BCUT2D eigenvalue weighted by molar-refractivity contribution is 0.102. The fourth-order valence-electron chi connectivity index (χ4n) is 3.91. The van der Waals surface area contributed by atoms with E-state index < -0.39 is 0 Å². The molecule has 0 radical (unpaired) electrons. The number of nitrogens with zero attached hydrogens (tertiary/aromatic N) is 6. The molecule has 1 aliphatic heterocycles. The van der Waals surface area contributed by atoms with E-state index in [1.807, 2.05) is 12.1 Å². The molecule has 1 saturated heterocycles. The van der Waals surface area contributed by atoms with Crippen molar-refractivity contribution >= 4 is 23.1 Å². The zero-order valence-electron chi connectivity index (χ0n) is 16.9. The van der Waals surface area contributed by atoms with E-state index in [1.54, 1.807) is 42.2 Å². The van der Waals surface area contributed by atoms with Crippen molar-refractivity contribution in [2.24, 2.45) is 0 Å². The van der Waals surface area contributed by atoms with E-state index in [9.17, 15) is 9.18 Å². The third-order valence-electron chi connectivity index (χ3n) is 5.40. The number of aryl methyl sites for hydroxylation is 1. The van der Waals surface area contributed by atoms with E-state index in [0.717, 1.165) is 36.5 Å². The van der Waals surface area contributed by atoms with Crippen molar-refractivity contribution in [1.29, 1.82) is 0 Å². The first-order chi connectivity index (χ1) is 15.1. The van der Waals surface area contributed by atoms with Crippen molar-refractivity contribution in [1.82, 2.24) is 24.6 Å². The SMILES string of the molecule is Cc1cnc(C(=O)Nc2cnn3ccc(N4CCCC4c4cccc(F)c4)nc23)cn1. The van der Waals surface area contributed by atoms with Crippen LogP contribution in [0.3, 0.4) is 0 Å². The van der Waals surface area contributed by atoms with Crippen molar-refractivity contribution in [2.45, 2.75) is 25.8 Å². The first-order valence-corrected chi connectivity index (χ1v) is 10.0. The van der Waals surface area contributed by atoms with Crippen LogP contribution in [-0.4, -0.2) is 37.0 Å². The summed E-state index contributed by atoms with van der Waals surface area (Å²) in [7, 11) is 0. The van der Waals surface area contributed by atoms with Gasteiger partial charge in [-0.15, -0.1) is 0 Å². The van der Waals surface area contributed by atoms with Crippen molar-refractivity contribution in [3.05, 3.63) is 77.9 Å². The van der Waals surface area contributed by atoms with Gasteiger partial charge in [0.15, 0.2) is 5.65 Å². The summed E-state index contributed by atoms with van der Waals surface area (Å²) in [6.45, 7) is 2.62. The summed E-state index contributed by atoms with van der Waals surface area (Å²) < 4.78 is 15.4. The predicted octanol–water partition coefficient (Wildman–Crippen LogP) is 3.56. The summed E-state index contributed by atoms with van der Waals surface area (Å²) in [5, 5.41) is 7.08. The Hall–Kier alpha value is -3.88. The molecule has 1 amide bonds. The molecule has 0 aliphatic carbocycles. The van der Waals surface area contributed by atoms with E-state index >= 15 is 0 Å². The highest BCUT2D eigenvalue weighted by Gasteiger charge is 2.28. The summed E-state index contributed by atoms with van der Waals surface area (Å²) >= 11 is 0. The number of carbonyl (C=O) groups is 1. The number of nitrogens with one attached hydrogen (secondary N) is 1. The minimum atomic E-state index is -0.381. The molecule has 31 heavy (non-hydrogen) atoms. The highest BCUT2D eigenvalue weighted by Crippen LogP contribution is 2.35. The average molecular weight is 417 g/mol. The van der Waals surface area contributed by atoms with Crippen LogP contribution < -0.4 is 10.2 Å². The first kappa shape index (κ1) is 19.1. The molecule has 4 heterocycles. The summed E-state index contributed by atoms with van der Waals surface area (Å²) in [6.07, 6.45) is 8.25. The number of aromatic nitrogens is 5. The van der Waals surface area contributed by atoms with Gasteiger partial charge in [-0.1, -0.05) is 12.1 Å². The molecule has 1 aliphatic rings. The summed E-state index contributed by atoms with van der Waals surface area (Å²) in [4.78, 5) is 27.7. The molecule has 1 fully saturated rings. The second kappa shape index (κ2) is 7.75. The standard InChI is InChI=1S/C22H20FN7O/c1-14-11-25-18(12-24-14)22(31)27-17-13-26-30-9-7-20(28-21(17)30)29-8-3-6-19(29)15-4-2-5-16(23)10-15/h2,4-5,7,9-13,19H,3,6,8H2,1H3,(H,27,31). The molecule has 1 N–H and O–H groups in total. The molecule has 8 nitrogen and oxygen atoms in total. The molecule has 0 spiro atoms. The number of halogens is 1. The molecule has 4 aromatic rings. The molecule has 0 saturated carbocycles. The highest BCUT2D eigenvalue weighted by atomic mass is 19.1. The van der Waals surface area contributed by atoms with Gasteiger partial charge in [-0.2, -0.15) is 5.10 Å². The van der Waals surface area contributed by atoms with Crippen LogP contribution in [0.1, 0.15) is 40.6 Å². The van der Waals surface area contributed by atoms with Crippen LogP contribution in [0.2, 0.25) is 0 Å². The summed E-state index contributed by atoms with van der Waals surface area (Å²) in [6, 6.07) is 8.64. The quantitative estimate of drug-likeness (QED) is 0.546. The van der Waals surface area contributed by atoms with Gasteiger partial charge < -0.3 is 10.2 Å². The van der Waals surface area contributed by atoms with E-state index in [1.165, 1.54) is 12.3 Å². The number of hydrogen-bond donors (Lipinski definition) is 1. The van der Waals surface area contributed by atoms with Gasteiger partial charge in [0.25, 0.3) is 5.91 Å². The van der Waals surface area contributed by atoms with Gasteiger partial charge >= 0.3 is 0 Å². The van der Waals surface area contributed by atoms with Crippen molar-refractivity contribution in [3.63, 3.8) is 0 Å². The highest BCUT2D eigenvalue weighted by molar-refractivity contribution is 6.04. The maximum atomic E-state index is 13.8. The molecule has 156 valence electrons. The fraction of sp³-hybridized carbons (Fsp3) is 0.227. The van der Waals surface area contributed by atoms with Gasteiger partial charge in [0.05, 0.1) is 24.1 Å². The fourth-order valence-corrected chi connectivity index (χ4v) is 3.91. The number of hydrogen-bond acceptors (Lipinski definition) is 6. The monoisotopic (exact) mass is 417 g/mol. The van der Waals surface area contributed by atoms with Crippen molar-refractivity contribution < 1.29 is 9.18 Å². The van der Waals surface area contributed by atoms with Crippen LogP contribution in [-0.2, 0) is 0 Å². The zero-order chi connectivity index (χ0) is 21.4. The number of anilines is 2. The molecule has 5 rings (SSSR count). The zero-order valence-corrected chi connectivity index (χ0v) is 16.9. The normalized spacial score (nSPS) is 16.1. The molecule has 9 heteroatoms. The molecular formula is C22H20FN7O. The third kappa shape index (κ3) is 3.70.